The summed E-state index contributed by atoms with van der Waals surface area (Å²) in [5.74, 6) is -0.216. The summed E-state index contributed by atoms with van der Waals surface area (Å²) in [5.41, 5.74) is 0.806. The molecule has 0 N–H and O–H groups in total. The summed E-state index contributed by atoms with van der Waals surface area (Å²) in [6.45, 7) is 0.181. The molecule has 0 radical (unpaired) electrons. The lowest BCUT2D eigenvalue weighted by atomic mass is 9.85. The van der Waals surface area contributed by atoms with Crippen molar-refractivity contribution in [3.05, 3.63) is 42.5 Å². The fourth-order valence-corrected chi connectivity index (χ4v) is 4.36. The molecule has 1 heterocycles. The first kappa shape index (κ1) is 15.1. The summed E-state index contributed by atoms with van der Waals surface area (Å²) >= 11 is 0. The number of hydrogen-bond acceptors (Lipinski definition) is 3. The van der Waals surface area contributed by atoms with Gasteiger partial charge in [0.15, 0.2) is 0 Å². The van der Waals surface area contributed by atoms with E-state index in [1.807, 2.05) is 30.3 Å². The van der Waals surface area contributed by atoms with E-state index in [1.54, 1.807) is 11.9 Å². The molecule has 5 nitrogen and oxygen atoms in total. The van der Waals surface area contributed by atoms with Gasteiger partial charge in [-0.15, -0.1) is 0 Å². The second-order valence-corrected chi connectivity index (χ2v) is 6.87. The molecule has 2 aliphatic carbocycles. The SMILES string of the molecule is CN(C(=O)CCN1C(=O)[C@@H]2[C@H](C1=O)[C@H]1C=C[C@@H]2C1)c1ccccc1. The highest BCUT2D eigenvalue weighted by atomic mass is 16.2. The molecule has 3 aliphatic rings. The van der Waals surface area contributed by atoms with Crippen LogP contribution < -0.4 is 4.90 Å². The minimum absolute atomic E-state index is 0.0861. The van der Waals surface area contributed by atoms with E-state index in [2.05, 4.69) is 12.2 Å². The number of amides is 3. The molecule has 4 atom stereocenters. The first-order chi connectivity index (χ1) is 11.6. The second-order valence-electron chi connectivity index (χ2n) is 6.87. The number of hydrogen-bond donors (Lipinski definition) is 0. The van der Waals surface area contributed by atoms with Gasteiger partial charge in [0.25, 0.3) is 0 Å². The van der Waals surface area contributed by atoms with Crippen molar-refractivity contribution in [2.45, 2.75) is 12.8 Å². The Morgan fingerprint density at radius 3 is 2.25 bits per heavy atom. The molecule has 4 rings (SSSR count). The van der Waals surface area contributed by atoms with Gasteiger partial charge in [0.05, 0.1) is 11.8 Å². The molecule has 0 aromatic heterocycles. The summed E-state index contributed by atoms with van der Waals surface area (Å²) in [6, 6.07) is 9.35. The van der Waals surface area contributed by atoms with E-state index in [-0.39, 0.29) is 54.4 Å². The van der Waals surface area contributed by atoms with Crippen LogP contribution in [0.2, 0.25) is 0 Å². The van der Waals surface area contributed by atoms with E-state index < -0.39 is 0 Å². The van der Waals surface area contributed by atoms with Gasteiger partial charge in [-0.05, 0) is 30.4 Å². The Morgan fingerprint density at radius 1 is 1.08 bits per heavy atom. The molecular weight excluding hydrogens is 304 g/mol. The van der Waals surface area contributed by atoms with Crippen LogP contribution in [0.1, 0.15) is 12.8 Å². The Hall–Kier alpha value is -2.43. The predicted molar refractivity (Wildman–Crippen MR) is 88.9 cm³/mol. The highest BCUT2D eigenvalue weighted by Gasteiger charge is 2.59. The molecule has 0 unspecified atom stereocenters. The molecule has 1 aromatic carbocycles. The van der Waals surface area contributed by atoms with E-state index in [0.717, 1.165) is 12.1 Å². The zero-order chi connectivity index (χ0) is 16.8. The third-order valence-corrected chi connectivity index (χ3v) is 5.63. The van der Waals surface area contributed by atoms with Crippen LogP contribution in [-0.4, -0.2) is 36.2 Å². The lowest BCUT2D eigenvalue weighted by molar-refractivity contribution is -0.140. The Balaban J connectivity index is 1.41. The van der Waals surface area contributed by atoms with Gasteiger partial charge in [0, 0.05) is 25.7 Å². The summed E-state index contributed by atoms with van der Waals surface area (Å²) in [7, 11) is 1.71. The molecule has 2 bridgehead atoms. The molecule has 5 heteroatoms. The minimum Gasteiger partial charge on any atom is -0.315 e. The summed E-state index contributed by atoms with van der Waals surface area (Å²) in [4.78, 5) is 40.4. The lowest BCUT2D eigenvalue weighted by Crippen LogP contribution is -2.37. The number of imide groups is 1. The first-order valence-corrected chi connectivity index (χ1v) is 8.43. The van der Waals surface area contributed by atoms with Crippen LogP contribution in [0.3, 0.4) is 0 Å². The first-order valence-electron chi connectivity index (χ1n) is 8.43. The molecule has 24 heavy (non-hydrogen) atoms. The number of rotatable bonds is 4. The molecule has 124 valence electrons. The van der Waals surface area contributed by atoms with Crippen molar-refractivity contribution in [2.75, 3.05) is 18.5 Å². The van der Waals surface area contributed by atoms with Gasteiger partial charge < -0.3 is 4.90 Å². The van der Waals surface area contributed by atoms with Crippen LogP contribution in [0.5, 0.6) is 0 Å². The standard InChI is InChI=1S/C19H20N2O3/c1-20(14-5-3-2-4-6-14)15(22)9-10-21-18(23)16-12-7-8-13(11-12)17(16)19(21)24/h2-8,12-13,16-17H,9-11H2,1H3/t12-,13+,16+,17-. The van der Waals surface area contributed by atoms with Crippen molar-refractivity contribution in [3.8, 4) is 0 Å². The smallest absolute Gasteiger partial charge is 0.233 e. The number of carbonyl (C=O) groups is 3. The van der Waals surface area contributed by atoms with Crippen LogP contribution in [0.4, 0.5) is 5.69 Å². The molecule has 1 saturated carbocycles. The Morgan fingerprint density at radius 2 is 1.67 bits per heavy atom. The summed E-state index contributed by atoms with van der Waals surface area (Å²) < 4.78 is 0. The van der Waals surface area contributed by atoms with Gasteiger partial charge in [-0.2, -0.15) is 0 Å². The normalized spacial score (nSPS) is 30.1. The Labute approximate surface area is 140 Å². The average Bonchev–Trinajstić information content (AvgIpc) is 3.28. The van der Waals surface area contributed by atoms with Crippen LogP contribution in [-0.2, 0) is 14.4 Å². The van der Waals surface area contributed by atoms with Crippen LogP contribution in [0.15, 0.2) is 42.5 Å². The Bertz CT molecular complexity index is 697. The number of benzene rings is 1. The van der Waals surface area contributed by atoms with Crippen molar-refractivity contribution in [1.82, 2.24) is 4.90 Å². The van der Waals surface area contributed by atoms with Gasteiger partial charge in [-0.25, -0.2) is 0 Å². The van der Waals surface area contributed by atoms with Gasteiger partial charge in [-0.1, -0.05) is 30.4 Å². The van der Waals surface area contributed by atoms with Gasteiger partial charge in [0.2, 0.25) is 17.7 Å². The number of likely N-dealkylation sites (tertiary alicyclic amines) is 1. The molecule has 2 fully saturated rings. The van der Waals surface area contributed by atoms with Crippen molar-refractivity contribution >= 4 is 23.4 Å². The number of nitrogens with zero attached hydrogens (tertiary/aromatic N) is 2. The van der Waals surface area contributed by atoms with Crippen LogP contribution in [0.25, 0.3) is 0 Å². The largest absolute Gasteiger partial charge is 0.315 e. The van der Waals surface area contributed by atoms with E-state index >= 15 is 0 Å². The predicted octanol–water partition coefficient (Wildman–Crippen LogP) is 1.85. The maximum Gasteiger partial charge on any atom is 0.233 e. The minimum atomic E-state index is -0.186. The van der Waals surface area contributed by atoms with Crippen molar-refractivity contribution in [3.63, 3.8) is 0 Å². The summed E-state index contributed by atoms with van der Waals surface area (Å²) in [5, 5.41) is 0. The number of anilines is 1. The zero-order valence-corrected chi connectivity index (χ0v) is 13.6. The second kappa shape index (κ2) is 5.58. The highest BCUT2D eigenvalue weighted by molar-refractivity contribution is 6.06. The van der Waals surface area contributed by atoms with Gasteiger partial charge >= 0.3 is 0 Å². The van der Waals surface area contributed by atoms with Crippen molar-refractivity contribution < 1.29 is 14.4 Å². The van der Waals surface area contributed by atoms with Crippen molar-refractivity contribution in [1.29, 1.82) is 0 Å². The highest BCUT2D eigenvalue weighted by Crippen LogP contribution is 2.52. The molecule has 0 spiro atoms. The van der Waals surface area contributed by atoms with E-state index in [4.69, 9.17) is 0 Å². The zero-order valence-electron chi connectivity index (χ0n) is 13.6. The monoisotopic (exact) mass is 324 g/mol. The average molecular weight is 324 g/mol. The van der Waals surface area contributed by atoms with Gasteiger partial charge in [-0.3, -0.25) is 19.3 Å². The van der Waals surface area contributed by atoms with E-state index in [1.165, 1.54) is 4.90 Å². The van der Waals surface area contributed by atoms with Crippen LogP contribution >= 0.6 is 0 Å². The fourth-order valence-electron chi connectivity index (χ4n) is 4.36. The summed E-state index contributed by atoms with van der Waals surface area (Å²) in [6.07, 6.45) is 5.24. The fraction of sp³-hybridized carbons (Fsp3) is 0.421. The molecule has 1 saturated heterocycles. The molecule has 1 aliphatic heterocycles. The number of para-hydroxylation sites is 1. The van der Waals surface area contributed by atoms with E-state index in [0.29, 0.717) is 0 Å². The van der Waals surface area contributed by atoms with Gasteiger partial charge in [0.1, 0.15) is 0 Å². The third-order valence-electron chi connectivity index (χ3n) is 5.63. The molecule has 3 amide bonds. The quantitative estimate of drug-likeness (QED) is 0.627. The van der Waals surface area contributed by atoms with E-state index in [9.17, 15) is 14.4 Å². The maximum absolute atomic E-state index is 12.6. The third kappa shape index (κ3) is 2.19. The van der Waals surface area contributed by atoms with Crippen LogP contribution in [0, 0.1) is 23.7 Å². The number of allylic oxidation sites excluding steroid dienone is 2. The molecule has 1 aromatic rings. The van der Waals surface area contributed by atoms with Crippen molar-refractivity contribution in [2.24, 2.45) is 23.7 Å². The Kier molecular flexibility index (Phi) is 3.52. The molecular formula is C19H20N2O3. The number of fused-ring (bicyclic) bond motifs is 5. The number of carbonyl (C=O) groups excluding carboxylic acids is 3. The topological polar surface area (TPSA) is 57.7 Å². The lowest BCUT2D eigenvalue weighted by Gasteiger charge is -2.20. The maximum atomic E-state index is 12.6.